The second-order valence-electron chi connectivity index (χ2n) is 6.07. The van der Waals surface area contributed by atoms with Crippen molar-refractivity contribution in [3.8, 4) is 0 Å². The standard InChI is InChI=1S/C20H24F2N4O/c1-13(15-7-8-17(21)18(22)12-15)26-20(24-3)25-10-9-14-5-4-6-16(11-14)19(27)23-2/h4-8,11-13H,9-10H2,1-3H3,(H,23,27)(H2,24,25,26). The lowest BCUT2D eigenvalue weighted by atomic mass is 10.1. The first-order valence-corrected chi connectivity index (χ1v) is 8.67. The summed E-state index contributed by atoms with van der Waals surface area (Å²) >= 11 is 0. The molecule has 1 unspecified atom stereocenters. The van der Waals surface area contributed by atoms with Crippen LogP contribution in [-0.2, 0) is 6.42 Å². The zero-order valence-electron chi connectivity index (χ0n) is 15.6. The van der Waals surface area contributed by atoms with Gasteiger partial charge in [0, 0.05) is 26.2 Å². The number of nitrogens with zero attached hydrogens (tertiary/aromatic N) is 1. The van der Waals surface area contributed by atoms with Crippen LogP contribution in [0.2, 0.25) is 0 Å². The number of amides is 1. The Kier molecular flexibility index (Phi) is 7.28. The Morgan fingerprint density at radius 1 is 1.15 bits per heavy atom. The average molecular weight is 374 g/mol. The fraction of sp³-hybridized carbons (Fsp3) is 0.300. The summed E-state index contributed by atoms with van der Waals surface area (Å²) in [4.78, 5) is 15.8. The van der Waals surface area contributed by atoms with Crippen molar-refractivity contribution in [3.05, 3.63) is 70.8 Å². The van der Waals surface area contributed by atoms with E-state index in [1.807, 2.05) is 25.1 Å². The van der Waals surface area contributed by atoms with Gasteiger partial charge in [0.2, 0.25) is 0 Å². The summed E-state index contributed by atoms with van der Waals surface area (Å²) in [5.74, 6) is -1.31. The van der Waals surface area contributed by atoms with Crippen LogP contribution in [0.4, 0.5) is 8.78 Å². The van der Waals surface area contributed by atoms with E-state index in [2.05, 4.69) is 20.9 Å². The van der Waals surface area contributed by atoms with Crippen molar-refractivity contribution < 1.29 is 13.6 Å². The third kappa shape index (κ3) is 5.77. The molecule has 2 rings (SSSR count). The quantitative estimate of drug-likeness (QED) is 0.538. The van der Waals surface area contributed by atoms with Gasteiger partial charge in [-0.05, 0) is 48.7 Å². The molecule has 0 heterocycles. The van der Waals surface area contributed by atoms with Gasteiger partial charge in [0.15, 0.2) is 17.6 Å². The van der Waals surface area contributed by atoms with Gasteiger partial charge in [0.05, 0.1) is 6.04 Å². The summed E-state index contributed by atoms with van der Waals surface area (Å²) in [6.45, 7) is 2.44. The summed E-state index contributed by atoms with van der Waals surface area (Å²) in [6.07, 6.45) is 0.699. The predicted octanol–water partition coefficient (Wildman–Crippen LogP) is 2.79. The van der Waals surface area contributed by atoms with Gasteiger partial charge in [-0.2, -0.15) is 0 Å². The van der Waals surface area contributed by atoms with Crippen molar-refractivity contribution in [1.29, 1.82) is 0 Å². The number of guanidine groups is 1. The molecule has 144 valence electrons. The zero-order valence-corrected chi connectivity index (χ0v) is 15.6. The molecule has 0 saturated carbocycles. The normalized spacial score (nSPS) is 12.4. The molecule has 0 bridgehead atoms. The molecule has 2 aromatic rings. The molecule has 0 aliphatic carbocycles. The SMILES string of the molecule is CN=C(NCCc1cccc(C(=O)NC)c1)NC(C)c1ccc(F)c(F)c1. The Labute approximate surface area is 157 Å². The summed E-state index contributed by atoms with van der Waals surface area (Å²) in [5, 5.41) is 8.92. The number of carbonyl (C=O) groups excluding carboxylic acids is 1. The molecule has 2 aromatic carbocycles. The van der Waals surface area contributed by atoms with E-state index in [0.29, 0.717) is 30.1 Å². The summed E-state index contributed by atoms with van der Waals surface area (Å²) in [5.41, 5.74) is 2.26. The Hall–Kier alpha value is -2.96. The predicted molar refractivity (Wildman–Crippen MR) is 103 cm³/mol. The molecular weight excluding hydrogens is 350 g/mol. The molecular formula is C20H24F2N4O. The summed E-state index contributed by atoms with van der Waals surface area (Å²) in [6, 6.07) is 11.0. The molecule has 0 fully saturated rings. The van der Waals surface area contributed by atoms with Gasteiger partial charge in [-0.25, -0.2) is 8.78 Å². The summed E-state index contributed by atoms with van der Waals surface area (Å²) < 4.78 is 26.5. The molecule has 3 N–H and O–H groups in total. The third-order valence-electron chi connectivity index (χ3n) is 4.14. The highest BCUT2D eigenvalue weighted by molar-refractivity contribution is 5.94. The zero-order chi connectivity index (χ0) is 19.8. The summed E-state index contributed by atoms with van der Waals surface area (Å²) in [7, 11) is 3.24. The molecule has 27 heavy (non-hydrogen) atoms. The smallest absolute Gasteiger partial charge is 0.251 e. The molecule has 0 aromatic heterocycles. The van der Waals surface area contributed by atoms with E-state index in [1.165, 1.54) is 12.1 Å². The Morgan fingerprint density at radius 2 is 1.93 bits per heavy atom. The van der Waals surface area contributed by atoms with Crippen LogP contribution in [0.3, 0.4) is 0 Å². The van der Waals surface area contributed by atoms with Crippen LogP contribution in [0, 0.1) is 11.6 Å². The Morgan fingerprint density at radius 3 is 2.59 bits per heavy atom. The molecule has 0 saturated heterocycles. The lowest BCUT2D eigenvalue weighted by molar-refractivity contribution is 0.0963. The highest BCUT2D eigenvalue weighted by Crippen LogP contribution is 2.15. The van der Waals surface area contributed by atoms with Crippen LogP contribution in [0.25, 0.3) is 0 Å². The van der Waals surface area contributed by atoms with E-state index < -0.39 is 11.6 Å². The Bertz CT molecular complexity index is 823. The number of carbonyl (C=O) groups is 1. The lowest BCUT2D eigenvalue weighted by Crippen LogP contribution is -2.39. The topological polar surface area (TPSA) is 65.5 Å². The highest BCUT2D eigenvalue weighted by atomic mass is 19.2. The molecule has 1 amide bonds. The largest absolute Gasteiger partial charge is 0.356 e. The van der Waals surface area contributed by atoms with Crippen LogP contribution < -0.4 is 16.0 Å². The van der Waals surface area contributed by atoms with Crippen molar-refractivity contribution in [3.63, 3.8) is 0 Å². The van der Waals surface area contributed by atoms with Gasteiger partial charge in [0.25, 0.3) is 5.91 Å². The minimum absolute atomic E-state index is 0.123. The number of rotatable bonds is 6. The fourth-order valence-electron chi connectivity index (χ4n) is 2.60. The number of hydrogen-bond donors (Lipinski definition) is 3. The van der Waals surface area contributed by atoms with Gasteiger partial charge in [-0.15, -0.1) is 0 Å². The van der Waals surface area contributed by atoms with E-state index in [1.54, 1.807) is 20.2 Å². The van der Waals surface area contributed by atoms with Crippen molar-refractivity contribution in [1.82, 2.24) is 16.0 Å². The maximum absolute atomic E-state index is 13.4. The van der Waals surface area contributed by atoms with E-state index >= 15 is 0 Å². The monoisotopic (exact) mass is 374 g/mol. The lowest BCUT2D eigenvalue weighted by Gasteiger charge is -2.18. The second-order valence-corrected chi connectivity index (χ2v) is 6.07. The van der Waals surface area contributed by atoms with Crippen LogP contribution >= 0.6 is 0 Å². The molecule has 5 nitrogen and oxygen atoms in total. The van der Waals surface area contributed by atoms with Gasteiger partial charge < -0.3 is 16.0 Å². The molecule has 0 radical (unpaired) electrons. The first kappa shape index (κ1) is 20.4. The maximum Gasteiger partial charge on any atom is 0.251 e. The fourth-order valence-corrected chi connectivity index (χ4v) is 2.60. The van der Waals surface area contributed by atoms with Gasteiger partial charge in [-0.1, -0.05) is 18.2 Å². The van der Waals surface area contributed by atoms with E-state index in [9.17, 15) is 13.6 Å². The highest BCUT2D eigenvalue weighted by Gasteiger charge is 2.11. The minimum Gasteiger partial charge on any atom is -0.356 e. The molecule has 7 heteroatoms. The van der Waals surface area contributed by atoms with Crippen LogP contribution in [-0.4, -0.2) is 32.5 Å². The van der Waals surface area contributed by atoms with Gasteiger partial charge in [-0.3, -0.25) is 9.79 Å². The van der Waals surface area contributed by atoms with Crippen LogP contribution in [0.15, 0.2) is 47.5 Å². The number of nitrogens with one attached hydrogen (secondary N) is 3. The molecule has 0 aliphatic rings. The number of benzene rings is 2. The number of hydrogen-bond acceptors (Lipinski definition) is 2. The average Bonchev–Trinajstić information content (AvgIpc) is 2.68. The molecule has 0 spiro atoms. The number of halogens is 2. The number of aliphatic imine (C=N–C) groups is 1. The van der Waals surface area contributed by atoms with Crippen molar-refractivity contribution in [2.24, 2.45) is 4.99 Å². The Balaban J connectivity index is 1.90. The van der Waals surface area contributed by atoms with Gasteiger partial charge >= 0.3 is 0 Å². The van der Waals surface area contributed by atoms with Crippen LogP contribution in [0.5, 0.6) is 0 Å². The van der Waals surface area contributed by atoms with E-state index in [4.69, 9.17) is 0 Å². The first-order valence-electron chi connectivity index (χ1n) is 8.67. The third-order valence-corrected chi connectivity index (χ3v) is 4.14. The van der Waals surface area contributed by atoms with Crippen LogP contribution in [0.1, 0.15) is 34.5 Å². The first-order chi connectivity index (χ1) is 12.9. The van der Waals surface area contributed by atoms with E-state index in [0.717, 1.165) is 11.6 Å². The maximum atomic E-state index is 13.4. The van der Waals surface area contributed by atoms with Crippen molar-refractivity contribution in [2.45, 2.75) is 19.4 Å². The van der Waals surface area contributed by atoms with Gasteiger partial charge in [0.1, 0.15) is 0 Å². The van der Waals surface area contributed by atoms with E-state index in [-0.39, 0.29) is 11.9 Å². The molecule has 0 aliphatic heterocycles. The van der Waals surface area contributed by atoms with Crippen molar-refractivity contribution >= 4 is 11.9 Å². The minimum atomic E-state index is -0.875. The van der Waals surface area contributed by atoms with Crippen molar-refractivity contribution in [2.75, 3.05) is 20.6 Å². The molecule has 1 atom stereocenters. The second kappa shape index (κ2) is 9.66.